The number of nitrogens with zero attached hydrogens (tertiary/aromatic N) is 1. The van der Waals surface area contributed by atoms with Crippen LogP contribution < -0.4 is 5.32 Å². The monoisotopic (exact) mass is 320 g/mol. The van der Waals surface area contributed by atoms with E-state index in [1.807, 2.05) is 20.8 Å². The highest BCUT2D eigenvalue weighted by molar-refractivity contribution is 7.91. The maximum absolute atomic E-state index is 12.3. The number of carboxylic acid groups (broad SMARTS) is 1. The molecule has 1 fully saturated rings. The Kier molecular flexibility index (Phi) is 6.00. The Morgan fingerprint density at radius 3 is 2.38 bits per heavy atom. The molecule has 2 N–H and O–H groups in total. The highest BCUT2D eigenvalue weighted by Crippen LogP contribution is 2.18. The number of carbonyl (C=O) groups excluding carboxylic acids is 1. The number of sulfone groups is 1. The van der Waals surface area contributed by atoms with Gasteiger partial charge in [-0.1, -0.05) is 20.8 Å². The van der Waals surface area contributed by atoms with Crippen molar-refractivity contribution in [1.29, 1.82) is 0 Å². The first kappa shape index (κ1) is 17.7. The van der Waals surface area contributed by atoms with Crippen LogP contribution in [0.15, 0.2) is 0 Å². The van der Waals surface area contributed by atoms with Crippen molar-refractivity contribution in [2.24, 2.45) is 5.92 Å². The van der Waals surface area contributed by atoms with E-state index in [0.29, 0.717) is 6.42 Å². The minimum Gasteiger partial charge on any atom is -0.480 e. The van der Waals surface area contributed by atoms with E-state index in [0.717, 1.165) is 11.3 Å². The fourth-order valence-corrected chi connectivity index (χ4v) is 4.25. The average Bonchev–Trinajstić information content (AvgIpc) is 2.72. The van der Waals surface area contributed by atoms with Crippen molar-refractivity contribution in [3.63, 3.8) is 0 Å². The van der Waals surface area contributed by atoms with Gasteiger partial charge >= 0.3 is 12.0 Å². The summed E-state index contributed by atoms with van der Waals surface area (Å²) < 4.78 is 23.1. The van der Waals surface area contributed by atoms with E-state index in [4.69, 9.17) is 5.11 Å². The molecule has 1 saturated heterocycles. The molecule has 0 radical (unpaired) electrons. The van der Waals surface area contributed by atoms with Crippen molar-refractivity contribution >= 4 is 21.8 Å². The summed E-state index contributed by atoms with van der Waals surface area (Å²) in [6, 6.07) is -1.12. The number of amides is 2. The van der Waals surface area contributed by atoms with Crippen LogP contribution in [0.5, 0.6) is 0 Å². The molecule has 7 nitrogen and oxygen atoms in total. The van der Waals surface area contributed by atoms with E-state index in [1.165, 1.54) is 0 Å². The molecular formula is C13H24N2O5S. The van der Waals surface area contributed by atoms with Crippen molar-refractivity contribution in [3.8, 4) is 0 Å². The van der Waals surface area contributed by atoms with Crippen LogP contribution >= 0.6 is 0 Å². The zero-order chi connectivity index (χ0) is 16.2. The van der Waals surface area contributed by atoms with Gasteiger partial charge in [0.05, 0.1) is 11.5 Å². The van der Waals surface area contributed by atoms with Crippen molar-refractivity contribution in [2.45, 2.75) is 45.7 Å². The lowest BCUT2D eigenvalue weighted by Gasteiger charge is -2.30. The molecule has 0 aromatic rings. The van der Waals surface area contributed by atoms with Crippen molar-refractivity contribution in [1.82, 2.24) is 10.2 Å². The molecular weight excluding hydrogens is 296 g/mol. The van der Waals surface area contributed by atoms with Crippen molar-refractivity contribution in [2.75, 3.05) is 18.1 Å². The summed E-state index contributed by atoms with van der Waals surface area (Å²) in [6.45, 7) is 5.39. The number of hydrogen-bond acceptors (Lipinski definition) is 4. The zero-order valence-corrected chi connectivity index (χ0v) is 13.5. The first-order chi connectivity index (χ1) is 9.66. The fraction of sp³-hybridized carbons (Fsp3) is 0.846. The molecule has 21 heavy (non-hydrogen) atoms. The molecule has 2 atom stereocenters. The Labute approximate surface area is 125 Å². The molecule has 122 valence electrons. The van der Waals surface area contributed by atoms with Gasteiger partial charge < -0.3 is 15.3 Å². The topological polar surface area (TPSA) is 104 Å². The lowest BCUT2D eigenvalue weighted by atomic mass is 10.0. The van der Waals surface area contributed by atoms with Gasteiger partial charge in [-0.05, 0) is 18.8 Å². The number of aliphatic carboxylic acids is 1. The van der Waals surface area contributed by atoms with E-state index < -0.39 is 34.4 Å². The number of carboxylic acids is 1. The molecule has 8 heteroatoms. The van der Waals surface area contributed by atoms with Gasteiger partial charge in [-0.3, -0.25) is 4.79 Å². The maximum Gasteiger partial charge on any atom is 0.323 e. The van der Waals surface area contributed by atoms with Crippen molar-refractivity contribution < 1.29 is 23.1 Å². The minimum absolute atomic E-state index is 0.00243. The van der Waals surface area contributed by atoms with Gasteiger partial charge in [-0.2, -0.15) is 0 Å². The molecule has 0 aromatic heterocycles. The molecule has 0 spiro atoms. The van der Waals surface area contributed by atoms with Gasteiger partial charge in [-0.15, -0.1) is 0 Å². The first-order valence-corrected chi connectivity index (χ1v) is 8.97. The van der Waals surface area contributed by atoms with E-state index in [-0.39, 0.29) is 23.5 Å². The van der Waals surface area contributed by atoms with Gasteiger partial charge in [0, 0.05) is 12.1 Å². The Balaban J connectivity index is 2.82. The van der Waals surface area contributed by atoms with Crippen LogP contribution in [0.3, 0.4) is 0 Å². The second-order valence-corrected chi connectivity index (χ2v) is 8.02. The molecule has 0 saturated carbocycles. The second-order valence-electron chi connectivity index (χ2n) is 5.79. The highest BCUT2D eigenvalue weighted by Gasteiger charge is 2.36. The smallest absolute Gasteiger partial charge is 0.323 e. The Hall–Kier alpha value is -1.31. The lowest BCUT2D eigenvalue weighted by molar-refractivity contribution is -0.138. The van der Waals surface area contributed by atoms with Gasteiger partial charge in [0.25, 0.3) is 0 Å². The summed E-state index contributed by atoms with van der Waals surface area (Å²) in [4.78, 5) is 24.4. The third-order valence-electron chi connectivity index (χ3n) is 3.77. The Morgan fingerprint density at radius 1 is 1.38 bits per heavy atom. The molecule has 1 heterocycles. The SMILES string of the molecule is CCC(NC(=O)N(CC(=O)O)C1CCS(=O)(=O)C1)C(C)C. The number of nitrogens with one attached hydrogen (secondary N) is 1. The zero-order valence-electron chi connectivity index (χ0n) is 12.7. The number of rotatable bonds is 6. The molecule has 2 unspecified atom stereocenters. The maximum atomic E-state index is 12.3. The average molecular weight is 320 g/mol. The minimum atomic E-state index is -3.17. The Bertz CT molecular complexity index is 489. The molecule has 0 aromatic carbocycles. The molecule has 1 aliphatic heterocycles. The van der Waals surface area contributed by atoms with Gasteiger partial charge in [0.15, 0.2) is 9.84 Å². The number of hydrogen-bond donors (Lipinski definition) is 2. The van der Waals surface area contributed by atoms with Crippen LogP contribution in [0.25, 0.3) is 0 Å². The van der Waals surface area contributed by atoms with E-state index in [9.17, 15) is 18.0 Å². The highest BCUT2D eigenvalue weighted by atomic mass is 32.2. The van der Waals surface area contributed by atoms with Gasteiger partial charge in [0.1, 0.15) is 6.54 Å². The van der Waals surface area contributed by atoms with Gasteiger partial charge in [-0.25, -0.2) is 13.2 Å². The van der Waals surface area contributed by atoms with E-state index in [1.54, 1.807) is 0 Å². The molecule has 2 amide bonds. The summed E-state index contributed by atoms with van der Waals surface area (Å²) in [5, 5.41) is 11.8. The quantitative estimate of drug-likeness (QED) is 0.750. The summed E-state index contributed by atoms with van der Waals surface area (Å²) in [6.07, 6.45) is 1.02. The second kappa shape index (κ2) is 7.11. The molecule has 0 bridgehead atoms. The van der Waals surface area contributed by atoms with E-state index >= 15 is 0 Å². The largest absolute Gasteiger partial charge is 0.480 e. The van der Waals surface area contributed by atoms with Crippen LogP contribution in [-0.4, -0.2) is 60.6 Å². The summed E-state index contributed by atoms with van der Waals surface area (Å²) >= 11 is 0. The molecule has 1 aliphatic rings. The van der Waals surface area contributed by atoms with Crippen LogP contribution in [0.2, 0.25) is 0 Å². The summed E-state index contributed by atoms with van der Waals surface area (Å²) in [5.41, 5.74) is 0. The van der Waals surface area contributed by atoms with E-state index in [2.05, 4.69) is 5.32 Å². The van der Waals surface area contributed by atoms with Crippen LogP contribution in [0.1, 0.15) is 33.6 Å². The third kappa shape index (κ3) is 5.18. The lowest BCUT2D eigenvalue weighted by Crippen LogP contribution is -2.52. The first-order valence-electron chi connectivity index (χ1n) is 7.15. The predicted octanol–water partition coefficient (Wildman–Crippen LogP) is 0.704. The van der Waals surface area contributed by atoms with Crippen LogP contribution in [-0.2, 0) is 14.6 Å². The standard InChI is InChI=1S/C13H24N2O5S/c1-4-11(9(2)3)14-13(18)15(7-12(16)17)10-5-6-21(19,20)8-10/h9-11H,4-8H2,1-3H3,(H,14,18)(H,16,17). The molecule has 1 rings (SSSR count). The van der Waals surface area contributed by atoms with Crippen LogP contribution in [0.4, 0.5) is 4.79 Å². The third-order valence-corrected chi connectivity index (χ3v) is 5.52. The van der Waals surface area contributed by atoms with Crippen LogP contribution in [0, 0.1) is 5.92 Å². The normalized spacial score (nSPS) is 22.0. The van der Waals surface area contributed by atoms with Crippen molar-refractivity contribution in [3.05, 3.63) is 0 Å². The summed E-state index contributed by atoms with van der Waals surface area (Å²) in [7, 11) is -3.17. The predicted molar refractivity (Wildman–Crippen MR) is 78.8 cm³/mol. The Morgan fingerprint density at radius 2 is 2.00 bits per heavy atom. The number of urea groups is 1. The van der Waals surface area contributed by atoms with Gasteiger partial charge in [0.2, 0.25) is 0 Å². The summed E-state index contributed by atoms with van der Waals surface area (Å²) in [5.74, 6) is -1.08. The molecule has 0 aliphatic carbocycles. The number of carbonyl (C=O) groups is 2. The fourth-order valence-electron chi connectivity index (χ4n) is 2.52.